The number of thiophene rings is 2. The van der Waals surface area contributed by atoms with Crippen molar-refractivity contribution >= 4 is 51.3 Å². The summed E-state index contributed by atoms with van der Waals surface area (Å²) in [6, 6.07) is 4.57. The molecule has 0 bridgehead atoms. The summed E-state index contributed by atoms with van der Waals surface area (Å²) in [4.78, 5) is 27.4. The van der Waals surface area contributed by atoms with Crippen molar-refractivity contribution in [1.82, 2.24) is 14.8 Å². The van der Waals surface area contributed by atoms with Crippen LogP contribution in [-0.2, 0) is 24.1 Å². The predicted octanol–water partition coefficient (Wildman–Crippen LogP) is 4.03. The number of aryl methyl sites for hydroxylation is 1. The number of nitrogens with two attached hydrogens (primary N) is 1. The summed E-state index contributed by atoms with van der Waals surface area (Å²) in [6.45, 7) is 1.86. The number of fused-ring (bicyclic) bond motifs is 1. The Bertz CT molecular complexity index is 1130. The number of carbonyl (C=O) groups is 2. The van der Waals surface area contributed by atoms with E-state index in [2.05, 4.69) is 31.5 Å². The number of primary amides is 1. The van der Waals surface area contributed by atoms with Gasteiger partial charge in [0, 0.05) is 22.2 Å². The lowest BCUT2D eigenvalue weighted by atomic mass is 10.1. The van der Waals surface area contributed by atoms with E-state index in [0.717, 1.165) is 59.9 Å². The minimum Gasteiger partial charge on any atom is -0.365 e. The van der Waals surface area contributed by atoms with Gasteiger partial charge >= 0.3 is 0 Å². The quantitative estimate of drug-likeness (QED) is 0.481. The van der Waals surface area contributed by atoms with Crippen LogP contribution in [0.1, 0.15) is 63.7 Å². The van der Waals surface area contributed by atoms with Crippen LogP contribution in [0.5, 0.6) is 0 Å². The van der Waals surface area contributed by atoms with Crippen LogP contribution in [0.25, 0.3) is 0 Å². The summed E-state index contributed by atoms with van der Waals surface area (Å²) in [5, 5.41) is 14.8. The van der Waals surface area contributed by atoms with Crippen LogP contribution in [0.4, 0.5) is 5.00 Å². The summed E-state index contributed by atoms with van der Waals surface area (Å²) >= 11 is 4.61. The van der Waals surface area contributed by atoms with Crippen molar-refractivity contribution in [2.75, 3.05) is 5.32 Å². The van der Waals surface area contributed by atoms with Crippen molar-refractivity contribution in [3.8, 4) is 0 Å². The Labute approximate surface area is 192 Å². The fourth-order valence-electron chi connectivity index (χ4n) is 3.95. The van der Waals surface area contributed by atoms with E-state index in [-0.39, 0.29) is 11.2 Å². The molecule has 1 saturated carbocycles. The molecule has 2 aliphatic rings. The lowest BCUT2D eigenvalue weighted by molar-refractivity contribution is -0.115. The lowest BCUT2D eigenvalue weighted by Crippen LogP contribution is -2.24. The van der Waals surface area contributed by atoms with Gasteiger partial charge in [-0.1, -0.05) is 17.8 Å². The van der Waals surface area contributed by atoms with E-state index < -0.39 is 5.91 Å². The molecule has 1 atom stereocenters. The maximum absolute atomic E-state index is 12.9. The minimum absolute atomic E-state index is 0.155. The number of amides is 2. The van der Waals surface area contributed by atoms with Crippen LogP contribution < -0.4 is 11.1 Å². The SMILES string of the molecule is CC(Sc1nnc(Cc2cccs2)n1C1CC1)C(=O)Nc1sc2c(c1C(N)=O)CCC2. The van der Waals surface area contributed by atoms with Crippen LogP contribution in [0.3, 0.4) is 0 Å². The fraction of sp³-hybridized carbons (Fsp3) is 0.429. The molecule has 1 unspecified atom stereocenters. The molecule has 0 aliphatic heterocycles. The van der Waals surface area contributed by atoms with Crippen molar-refractivity contribution in [3.05, 3.63) is 44.2 Å². The van der Waals surface area contributed by atoms with Gasteiger partial charge in [-0.15, -0.1) is 32.9 Å². The minimum atomic E-state index is -0.471. The molecule has 10 heteroatoms. The highest BCUT2D eigenvalue weighted by Gasteiger charge is 2.32. The van der Waals surface area contributed by atoms with Crippen LogP contribution in [0, 0.1) is 0 Å². The van der Waals surface area contributed by atoms with E-state index in [9.17, 15) is 9.59 Å². The third-order valence-electron chi connectivity index (χ3n) is 5.62. The molecule has 162 valence electrons. The van der Waals surface area contributed by atoms with Crippen molar-refractivity contribution < 1.29 is 9.59 Å². The summed E-state index contributed by atoms with van der Waals surface area (Å²) in [6.07, 6.45) is 5.82. The normalized spacial score (nSPS) is 16.3. The summed E-state index contributed by atoms with van der Waals surface area (Å²) in [5.74, 6) is 0.324. The number of aromatic nitrogens is 3. The molecule has 3 aromatic rings. The second-order valence-corrected chi connectivity index (χ2v) is 11.4. The molecule has 3 aromatic heterocycles. The average molecular weight is 474 g/mol. The van der Waals surface area contributed by atoms with Gasteiger partial charge in [0.15, 0.2) is 5.16 Å². The second kappa shape index (κ2) is 8.40. The average Bonchev–Trinajstić information content (AvgIpc) is 3.09. The first kappa shape index (κ1) is 20.7. The van der Waals surface area contributed by atoms with E-state index >= 15 is 0 Å². The number of nitrogens with one attached hydrogen (secondary N) is 1. The zero-order valence-corrected chi connectivity index (χ0v) is 19.5. The molecule has 0 saturated heterocycles. The smallest absolute Gasteiger partial charge is 0.251 e. The molecule has 2 aliphatic carbocycles. The number of nitrogens with zero attached hydrogens (tertiary/aromatic N) is 3. The summed E-state index contributed by atoms with van der Waals surface area (Å²) in [7, 11) is 0. The Morgan fingerprint density at radius 2 is 2.19 bits per heavy atom. The van der Waals surface area contributed by atoms with Gasteiger partial charge in [0.2, 0.25) is 5.91 Å². The maximum atomic E-state index is 12.9. The summed E-state index contributed by atoms with van der Waals surface area (Å²) in [5.41, 5.74) is 7.12. The van der Waals surface area contributed by atoms with Gasteiger partial charge in [0.05, 0.1) is 10.8 Å². The predicted molar refractivity (Wildman–Crippen MR) is 124 cm³/mol. The highest BCUT2D eigenvalue weighted by molar-refractivity contribution is 8.00. The van der Waals surface area contributed by atoms with Crippen LogP contribution in [0.15, 0.2) is 22.7 Å². The molecule has 2 amide bonds. The maximum Gasteiger partial charge on any atom is 0.251 e. The van der Waals surface area contributed by atoms with Gasteiger partial charge < -0.3 is 15.6 Å². The molecule has 0 aromatic carbocycles. The van der Waals surface area contributed by atoms with Gasteiger partial charge in [-0.3, -0.25) is 9.59 Å². The third-order valence-corrected chi connectivity index (χ3v) is 8.76. The van der Waals surface area contributed by atoms with Gasteiger partial charge in [-0.05, 0) is 56.0 Å². The Morgan fingerprint density at radius 3 is 2.90 bits per heavy atom. The Balaban J connectivity index is 1.32. The molecule has 3 N–H and O–H groups in total. The molecular weight excluding hydrogens is 450 g/mol. The van der Waals surface area contributed by atoms with Crippen molar-refractivity contribution in [2.24, 2.45) is 5.73 Å². The monoisotopic (exact) mass is 473 g/mol. The first-order chi connectivity index (χ1) is 15.0. The number of thioether (sulfide) groups is 1. The van der Waals surface area contributed by atoms with Crippen LogP contribution >= 0.6 is 34.4 Å². The second-order valence-electron chi connectivity index (χ2n) is 7.93. The zero-order chi connectivity index (χ0) is 21.5. The van der Waals surface area contributed by atoms with E-state index in [1.54, 1.807) is 11.3 Å². The Morgan fingerprint density at radius 1 is 1.35 bits per heavy atom. The largest absolute Gasteiger partial charge is 0.365 e. The van der Waals surface area contributed by atoms with Crippen LogP contribution in [0.2, 0.25) is 0 Å². The van der Waals surface area contributed by atoms with Gasteiger partial charge in [-0.25, -0.2) is 0 Å². The lowest BCUT2D eigenvalue weighted by Gasteiger charge is -2.13. The first-order valence-electron chi connectivity index (χ1n) is 10.4. The molecular formula is C21H23N5O2S3. The van der Waals surface area contributed by atoms with Gasteiger partial charge in [0.25, 0.3) is 5.91 Å². The van der Waals surface area contributed by atoms with Crippen molar-refractivity contribution in [1.29, 1.82) is 0 Å². The van der Waals surface area contributed by atoms with E-state index in [0.29, 0.717) is 16.6 Å². The molecule has 0 spiro atoms. The standard InChI is InChI=1S/C21H23N5O2S3/c1-11(19(28)23-20-17(18(22)27)14-5-2-6-15(14)31-20)30-21-25-24-16(26(21)12-7-8-12)10-13-4-3-9-29-13/h3-4,9,11-12H,2,5-8,10H2,1H3,(H2,22,27)(H,23,28). The number of hydrogen-bond acceptors (Lipinski definition) is 7. The van der Waals surface area contributed by atoms with E-state index in [1.165, 1.54) is 28.0 Å². The molecule has 7 nitrogen and oxygen atoms in total. The van der Waals surface area contributed by atoms with Gasteiger partial charge in [-0.2, -0.15) is 0 Å². The summed E-state index contributed by atoms with van der Waals surface area (Å²) < 4.78 is 2.20. The van der Waals surface area contributed by atoms with Crippen LogP contribution in [-0.4, -0.2) is 31.8 Å². The van der Waals surface area contributed by atoms with E-state index in [4.69, 9.17) is 5.73 Å². The highest BCUT2D eigenvalue weighted by atomic mass is 32.2. The highest BCUT2D eigenvalue weighted by Crippen LogP contribution is 2.41. The van der Waals surface area contributed by atoms with Gasteiger partial charge in [0.1, 0.15) is 10.8 Å². The first-order valence-corrected chi connectivity index (χ1v) is 13.0. The van der Waals surface area contributed by atoms with E-state index in [1.807, 2.05) is 13.0 Å². The molecule has 3 heterocycles. The number of hydrogen-bond donors (Lipinski definition) is 2. The zero-order valence-electron chi connectivity index (χ0n) is 17.1. The fourth-order valence-corrected chi connectivity index (χ4v) is 6.89. The Hall–Kier alpha value is -2.17. The Kier molecular flexibility index (Phi) is 5.61. The number of anilines is 1. The molecule has 0 radical (unpaired) electrons. The number of rotatable bonds is 8. The number of carbonyl (C=O) groups excluding carboxylic acids is 2. The molecule has 5 rings (SSSR count). The topological polar surface area (TPSA) is 103 Å². The van der Waals surface area contributed by atoms with Crippen molar-refractivity contribution in [3.63, 3.8) is 0 Å². The van der Waals surface area contributed by atoms with Crippen molar-refractivity contribution in [2.45, 2.75) is 61.9 Å². The third kappa shape index (κ3) is 4.16. The molecule has 1 fully saturated rings. The molecule has 31 heavy (non-hydrogen) atoms.